The summed E-state index contributed by atoms with van der Waals surface area (Å²) in [6.45, 7) is 1.27. The summed E-state index contributed by atoms with van der Waals surface area (Å²) < 4.78 is 10.7. The number of nitrogens with one attached hydrogen (secondary N) is 1. The van der Waals surface area contributed by atoms with Crippen molar-refractivity contribution < 1.29 is 18.8 Å². The van der Waals surface area contributed by atoms with Crippen molar-refractivity contribution >= 4 is 17.7 Å². The fourth-order valence-electron chi connectivity index (χ4n) is 3.58. The van der Waals surface area contributed by atoms with Crippen LogP contribution >= 0.6 is 11.8 Å². The second kappa shape index (κ2) is 7.51. The molecule has 0 radical (unpaired) electrons. The topological polar surface area (TPSA) is 70.9 Å². The minimum absolute atomic E-state index is 0.0564. The van der Waals surface area contributed by atoms with Crippen LogP contribution in [-0.2, 0) is 11.3 Å². The summed E-state index contributed by atoms with van der Waals surface area (Å²) in [5.41, 5.74) is 1.61. The number of hydrogen-bond donors (Lipinski definition) is 1. The summed E-state index contributed by atoms with van der Waals surface area (Å²) >= 11 is 1.57. The lowest BCUT2D eigenvalue weighted by Crippen LogP contribution is -3.12. The average Bonchev–Trinajstić information content (AvgIpc) is 3.21. The minimum Gasteiger partial charge on any atom is -0.497 e. The quantitative estimate of drug-likeness (QED) is 0.877. The average molecular weight is 382 g/mol. The highest BCUT2D eigenvalue weighted by molar-refractivity contribution is 8.02. The van der Waals surface area contributed by atoms with E-state index in [0.717, 1.165) is 34.5 Å². The first kappa shape index (κ1) is 17.7. The maximum atomic E-state index is 12.9. The Kier molecular flexibility index (Phi) is 4.92. The molecule has 6 nitrogen and oxygen atoms in total. The largest absolute Gasteiger partial charge is 0.497 e. The van der Waals surface area contributed by atoms with Gasteiger partial charge in [-0.1, -0.05) is 12.1 Å². The van der Waals surface area contributed by atoms with E-state index in [0.29, 0.717) is 18.7 Å². The summed E-state index contributed by atoms with van der Waals surface area (Å²) in [7, 11) is 1.61. The normalized spacial score (nSPS) is 22.4. The van der Waals surface area contributed by atoms with E-state index in [1.54, 1.807) is 30.0 Å². The van der Waals surface area contributed by atoms with Crippen molar-refractivity contribution in [3.63, 3.8) is 0 Å². The number of nitrogens with zero attached hydrogens (tertiary/aromatic N) is 2. The molecule has 1 amide bonds. The van der Waals surface area contributed by atoms with Crippen LogP contribution in [-0.4, -0.2) is 30.5 Å². The number of hydrogen-bond acceptors (Lipinski definition) is 5. The highest BCUT2D eigenvalue weighted by atomic mass is 32.2. The van der Waals surface area contributed by atoms with Crippen LogP contribution in [0.1, 0.15) is 23.7 Å². The Balaban J connectivity index is 1.61. The van der Waals surface area contributed by atoms with Crippen LogP contribution < -0.4 is 9.64 Å². The van der Waals surface area contributed by atoms with Crippen LogP contribution in [0.4, 0.5) is 0 Å². The number of nitriles is 1. The number of benzene rings is 1. The number of methoxy groups -OCH3 is 1. The van der Waals surface area contributed by atoms with Gasteiger partial charge < -0.3 is 14.1 Å². The van der Waals surface area contributed by atoms with E-state index in [4.69, 9.17) is 9.15 Å². The fourth-order valence-corrected chi connectivity index (χ4v) is 4.78. The molecule has 1 aromatic heterocycles. The molecule has 0 saturated carbocycles. The van der Waals surface area contributed by atoms with Gasteiger partial charge in [0.15, 0.2) is 12.4 Å². The van der Waals surface area contributed by atoms with Crippen molar-refractivity contribution in [2.75, 3.05) is 19.7 Å². The van der Waals surface area contributed by atoms with E-state index < -0.39 is 0 Å². The molecule has 0 bridgehead atoms. The van der Waals surface area contributed by atoms with E-state index in [-0.39, 0.29) is 11.8 Å². The van der Waals surface area contributed by atoms with Crippen molar-refractivity contribution in [2.45, 2.75) is 18.9 Å². The number of ether oxygens (including phenoxy) is 1. The smallest absolute Gasteiger partial charge is 0.232 e. The Morgan fingerprint density at radius 1 is 1.41 bits per heavy atom. The van der Waals surface area contributed by atoms with Gasteiger partial charge in [0.25, 0.3) is 0 Å². The Hall–Kier alpha value is -2.69. The van der Waals surface area contributed by atoms with Gasteiger partial charge in [0.2, 0.25) is 5.91 Å². The molecule has 1 N–H and O–H groups in total. The van der Waals surface area contributed by atoms with E-state index >= 15 is 0 Å². The number of thioether (sulfide) groups is 1. The first-order valence-electron chi connectivity index (χ1n) is 8.77. The van der Waals surface area contributed by atoms with Gasteiger partial charge in [0, 0.05) is 12.3 Å². The third kappa shape index (κ3) is 3.46. The lowest BCUT2D eigenvalue weighted by atomic mass is 9.86. The second-order valence-corrected chi connectivity index (χ2v) is 7.60. The highest BCUT2D eigenvalue weighted by Gasteiger charge is 2.40. The van der Waals surface area contributed by atoms with Crippen molar-refractivity contribution in [1.82, 2.24) is 4.90 Å². The number of carbonyl (C=O) groups excluding carboxylic acids is 1. The minimum atomic E-state index is -0.219. The number of rotatable bonds is 4. The zero-order valence-electron chi connectivity index (χ0n) is 15.0. The third-order valence-corrected chi connectivity index (χ3v) is 6.19. The fraction of sp³-hybridized carbons (Fsp3) is 0.300. The van der Waals surface area contributed by atoms with E-state index in [9.17, 15) is 10.1 Å². The van der Waals surface area contributed by atoms with Crippen LogP contribution in [0.3, 0.4) is 0 Å². The standard InChI is InChI=1S/C20H19N3O3S/c1-25-15-5-2-4-14(8-15)17-9-19(24)23-12-22(11-16-6-3-7-26-16)13-27-20(23)18(17)10-21/h2-8,17H,9,11-13H2,1H3/p+1/t17-/m0/s1. The number of carbonyl (C=O) groups is 1. The first-order valence-corrected chi connectivity index (χ1v) is 9.75. The van der Waals surface area contributed by atoms with Gasteiger partial charge in [0.1, 0.15) is 23.2 Å². The van der Waals surface area contributed by atoms with Crippen molar-refractivity contribution in [2.24, 2.45) is 0 Å². The zero-order valence-corrected chi connectivity index (χ0v) is 15.8. The number of fused-ring (bicyclic) bond motifs is 1. The molecule has 7 heteroatoms. The van der Waals surface area contributed by atoms with Crippen molar-refractivity contribution in [3.05, 3.63) is 64.6 Å². The van der Waals surface area contributed by atoms with Gasteiger partial charge in [-0.3, -0.25) is 9.69 Å². The number of allylic oxidation sites excluding steroid dienone is 1. The Labute approximate surface area is 162 Å². The molecule has 1 saturated heterocycles. The van der Waals surface area contributed by atoms with Gasteiger partial charge in [0.05, 0.1) is 25.0 Å². The molecule has 0 aliphatic carbocycles. The lowest BCUT2D eigenvalue weighted by molar-refractivity contribution is -0.911. The molecule has 1 unspecified atom stereocenters. The first-order chi connectivity index (χ1) is 13.2. The van der Waals surface area contributed by atoms with Gasteiger partial charge >= 0.3 is 0 Å². The molecule has 2 aromatic rings. The van der Waals surface area contributed by atoms with Crippen molar-refractivity contribution in [1.29, 1.82) is 5.26 Å². The van der Waals surface area contributed by atoms with Crippen LogP contribution in [0.15, 0.2) is 57.7 Å². The SMILES string of the molecule is COc1cccc([C@@H]2CC(=O)N3C[NH+](Cc4ccco4)CSC3=C2C#N)c1. The predicted molar refractivity (Wildman–Crippen MR) is 101 cm³/mol. The summed E-state index contributed by atoms with van der Waals surface area (Å²) in [5.74, 6) is 2.26. The lowest BCUT2D eigenvalue weighted by Gasteiger charge is -2.38. The monoisotopic (exact) mass is 382 g/mol. The molecule has 138 valence electrons. The number of furan rings is 1. The Morgan fingerprint density at radius 3 is 3.04 bits per heavy atom. The molecule has 3 heterocycles. The molecule has 2 aliphatic heterocycles. The summed E-state index contributed by atoms with van der Waals surface area (Å²) in [4.78, 5) is 15.9. The van der Waals surface area contributed by atoms with Crippen LogP contribution in [0.25, 0.3) is 0 Å². The van der Waals surface area contributed by atoms with Gasteiger partial charge in [-0.25, -0.2) is 0 Å². The Morgan fingerprint density at radius 2 is 2.30 bits per heavy atom. The van der Waals surface area contributed by atoms with Gasteiger partial charge in [-0.15, -0.1) is 0 Å². The predicted octanol–water partition coefficient (Wildman–Crippen LogP) is 2.09. The molecule has 27 heavy (non-hydrogen) atoms. The van der Waals surface area contributed by atoms with Crippen molar-refractivity contribution in [3.8, 4) is 11.8 Å². The van der Waals surface area contributed by atoms with Gasteiger partial charge in [-0.2, -0.15) is 5.26 Å². The van der Waals surface area contributed by atoms with Crippen LogP contribution in [0.5, 0.6) is 5.75 Å². The molecular weight excluding hydrogens is 362 g/mol. The summed E-state index contributed by atoms with van der Waals surface area (Å²) in [6, 6.07) is 13.8. The van der Waals surface area contributed by atoms with E-state index in [2.05, 4.69) is 6.07 Å². The van der Waals surface area contributed by atoms with Crippen LogP contribution in [0, 0.1) is 11.3 Å². The summed E-state index contributed by atoms with van der Waals surface area (Å²) in [6.07, 6.45) is 1.96. The third-order valence-electron chi connectivity index (χ3n) is 4.92. The number of quaternary nitrogens is 1. The molecule has 1 fully saturated rings. The van der Waals surface area contributed by atoms with Crippen LogP contribution in [0.2, 0.25) is 0 Å². The van der Waals surface area contributed by atoms with Gasteiger partial charge in [-0.05, 0) is 41.6 Å². The maximum absolute atomic E-state index is 12.9. The molecule has 1 aromatic carbocycles. The molecule has 4 rings (SSSR count). The molecule has 2 atom stereocenters. The molecule has 0 spiro atoms. The molecule has 2 aliphatic rings. The highest BCUT2D eigenvalue weighted by Crippen LogP contribution is 2.41. The zero-order chi connectivity index (χ0) is 18.8. The maximum Gasteiger partial charge on any atom is 0.232 e. The second-order valence-electron chi connectivity index (χ2n) is 6.64. The summed E-state index contributed by atoms with van der Waals surface area (Å²) in [5, 5.41) is 10.6. The van der Waals surface area contributed by atoms with E-state index in [1.165, 1.54) is 4.90 Å². The number of amides is 1. The molecular formula is C20H20N3O3S+. The van der Waals surface area contributed by atoms with E-state index in [1.807, 2.05) is 36.4 Å². The Bertz CT molecular complexity index is 917.